The van der Waals surface area contributed by atoms with Crippen molar-refractivity contribution in [3.63, 3.8) is 0 Å². The fourth-order valence-corrected chi connectivity index (χ4v) is 8.55. The number of hydrogen-bond donors (Lipinski definition) is 18. The van der Waals surface area contributed by atoms with Gasteiger partial charge in [0, 0.05) is 13.0 Å². The smallest absolute Gasteiger partial charge is 0.335 e. The Kier molecular flexibility index (Phi) is 34.5. The Bertz CT molecular complexity index is 2440. The lowest BCUT2D eigenvalue weighted by molar-refractivity contribution is -0.155. The summed E-state index contributed by atoms with van der Waals surface area (Å²) >= 11 is 5.88. The number of allylic oxidation sites excluding steroid dienone is 1. The lowest BCUT2D eigenvalue weighted by Crippen LogP contribution is -2.62. The van der Waals surface area contributed by atoms with Crippen molar-refractivity contribution in [2.75, 3.05) is 38.7 Å². The first-order chi connectivity index (χ1) is 40.4. The van der Waals surface area contributed by atoms with Crippen molar-refractivity contribution in [3.8, 4) is 0 Å². The molecule has 1 aromatic rings. The van der Waals surface area contributed by atoms with E-state index in [1.165, 1.54) is 6.92 Å². The molecule has 476 valence electrons. The van der Waals surface area contributed by atoms with E-state index in [1.54, 1.807) is 30.3 Å². The molecule has 22 N–H and O–H groups in total. The zero-order chi connectivity index (χ0) is 63.6. The number of benzene rings is 1. The maximum Gasteiger partial charge on any atom is 0.335 e. The van der Waals surface area contributed by atoms with Crippen LogP contribution in [0.25, 0.3) is 0 Å². The number of carboxylic acids is 1. The summed E-state index contributed by atoms with van der Waals surface area (Å²) in [4.78, 5) is 156. The summed E-state index contributed by atoms with van der Waals surface area (Å²) in [7, 11) is 0. The second-order valence-corrected chi connectivity index (χ2v) is 20.2. The standard InChI is InChI=1S/C53H85ClN14O17/c1-3-5-6-7-8-9-13-17-30(70)25-39(72)60-37-28-85-52(84)40(38(71)26-54)67-50(81)41(42(73)51(82)83)68-43(74)31(4-2)61-47(78)35(24-29-15-11-10-12-16-29)65-44(75)32(18-14-23-59-53(57)58)62-45(76)33(19-21-55)63-46(77)34(20-22-56)64-48(79)36(27-69)66-49(37)80/h4,10-12,15-16,30,32-38,40-42,69-71,73H,3,5-9,13-14,17-28,55-56H2,1-2H3,(H,60,72)(H,61,78)(H,62,76)(H,63,77)(H,64,79)(H,65,75)(H,66,80)(H,67,81)(H,68,74)(H,82,83)(H4,57,58,59)/b31-4-/t30-,32+,33-,34+,35+,36+,37+,38-,40+,41+,42+/m1/s1. The molecule has 2 rings (SSSR count). The van der Waals surface area contributed by atoms with Gasteiger partial charge in [-0.2, -0.15) is 0 Å². The van der Waals surface area contributed by atoms with E-state index in [0.29, 0.717) is 12.0 Å². The fraction of sp³-hybridized carbons (Fsp3) is 0.623. The zero-order valence-electron chi connectivity index (χ0n) is 47.7. The molecule has 1 heterocycles. The molecule has 0 aromatic heterocycles. The number of ether oxygens (including phenoxy) is 1. The van der Waals surface area contributed by atoms with Gasteiger partial charge in [0.15, 0.2) is 18.1 Å². The van der Waals surface area contributed by atoms with Gasteiger partial charge < -0.3 is 101 Å². The molecule has 11 atom stereocenters. The third-order valence-electron chi connectivity index (χ3n) is 13.1. The molecule has 32 heteroatoms. The first kappa shape index (κ1) is 73.6. The number of rotatable bonds is 26. The van der Waals surface area contributed by atoms with E-state index in [4.69, 9.17) is 39.3 Å². The molecule has 1 aromatic carbocycles. The number of esters is 1. The fourth-order valence-electron chi connectivity index (χ4n) is 8.38. The third kappa shape index (κ3) is 26.9. The summed E-state index contributed by atoms with van der Waals surface area (Å²) < 4.78 is 5.27. The van der Waals surface area contributed by atoms with Crippen LogP contribution in [0.2, 0.25) is 0 Å². The normalized spacial score (nSPS) is 23.7. The van der Waals surface area contributed by atoms with Gasteiger partial charge in [-0.05, 0) is 57.7 Å². The minimum absolute atomic E-state index is 0.0368. The van der Waals surface area contributed by atoms with E-state index in [9.17, 15) is 78.3 Å². The minimum atomic E-state index is -2.81. The number of nitrogens with one attached hydrogen (secondary N) is 9. The van der Waals surface area contributed by atoms with Gasteiger partial charge in [-0.15, -0.1) is 11.6 Å². The molecule has 0 aliphatic carbocycles. The number of hydrogen-bond acceptors (Lipinski definition) is 19. The van der Waals surface area contributed by atoms with Crippen molar-refractivity contribution in [2.45, 2.75) is 170 Å². The highest BCUT2D eigenvalue weighted by molar-refractivity contribution is 6.18. The van der Waals surface area contributed by atoms with E-state index >= 15 is 0 Å². The zero-order valence-corrected chi connectivity index (χ0v) is 48.5. The van der Waals surface area contributed by atoms with Crippen LogP contribution in [0.5, 0.6) is 0 Å². The van der Waals surface area contributed by atoms with Crippen molar-refractivity contribution >= 4 is 82.7 Å². The Morgan fingerprint density at radius 1 is 0.706 bits per heavy atom. The highest BCUT2D eigenvalue weighted by Crippen LogP contribution is 2.13. The van der Waals surface area contributed by atoms with Crippen LogP contribution in [0.4, 0.5) is 0 Å². The Morgan fingerprint density at radius 2 is 1.25 bits per heavy atom. The average Bonchev–Trinajstić information content (AvgIpc) is 3.67. The Balaban J connectivity index is 2.81. The number of cyclic esters (lactones) is 1. The number of alkyl halides is 1. The van der Waals surface area contributed by atoms with E-state index in [1.807, 2.05) is 10.6 Å². The number of guanidine groups is 1. The molecule has 31 nitrogen and oxygen atoms in total. The van der Waals surface area contributed by atoms with Crippen molar-refractivity contribution in [3.05, 3.63) is 47.7 Å². The predicted molar refractivity (Wildman–Crippen MR) is 306 cm³/mol. The molecule has 0 spiro atoms. The predicted octanol–water partition coefficient (Wildman–Crippen LogP) is -5.64. The third-order valence-corrected chi connectivity index (χ3v) is 13.4. The number of aliphatic hydroxyl groups is 4. The van der Waals surface area contributed by atoms with Crippen molar-refractivity contribution < 1.29 is 83.0 Å². The van der Waals surface area contributed by atoms with Crippen LogP contribution >= 0.6 is 11.6 Å². The van der Waals surface area contributed by atoms with Crippen molar-refractivity contribution in [2.24, 2.45) is 27.9 Å². The molecule has 0 unspecified atom stereocenters. The monoisotopic (exact) mass is 1220 g/mol. The summed E-state index contributed by atoms with van der Waals surface area (Å²) in [5.41, 5.74) is 22.4. The molecule has 0 saturated carbocycles. The highest BCUT2D eigenvalue weighted by Gasteiger charge is 2.40. The van der Waals surface area contributed by atoms with Crippen LogP contribution in [0.15, 0.2) is 47.1 Å². The number of carboxylic acid groups (broad SMARTS) is 1. The summed E-state index contributed by atoms with van der Waals surface area (Å²) in [6, 6.07) is -6.93. The molecule has 1 fully saturated rings. The van der Waals surface area contributed by atoms with Crippen molar-refractivity contribution in [1.82, 2.24) is 47.9 Å². The molecular weight excluding hydrogens is 1140 g/mol. The van der Waals surface area contributed by atoms with Crippen LogP contribution in [0, 0.1) is 0 Å². The number of carbonyl (C=O) groups is 11. The number of halogens is 1. The van der Waals surface area contributed by atoms with Gasteiger partial charge in [-0.1, -0.05) is 88.3 Å². The molecular formula is C53H85ClN14O17. The molecule has 1 aliphatic heterocycles. The quantitative estimate of drug-likeness (QED) is 0.0103. The van der Waals surface area contributed by atoms with E-state index in [-0.39, 0.29) is 64.1 Å². The average molecular weight is 1230 g/mol. The first-order valence-corrected chi connectivity index (χ1v) is 28.5. The van der Waals surface area contributed by atoms with Gasteiger partial charge in [0.25, 0.3) is 5.91 Å². The summed E-state index contributed by atoms with van der Waals surface area (Å²) in [5.74, 6) is -15.6. The van der Waals surface area contributed by atoms with E-state index in [0.717, 1.165) is 44.6 Å². The summed E-state index contributed by atoms with van der Waals surface area (Å²) in [5, 5.41) is 73.2. The number of aliphatic carboxylic acids is 1. The number of aliphatic imine (C=N–C) groups is 1. The molecule has 0 bridgehead atoms. The molecule has 1 aliphatic rings. The number of nitrogens with zero attached hydrogens (tertiary/aromatic N) is 1. The lowest BCUT2D eigenvalue weighted by atomic mass is 10.0. The number of nitrogens with two attached hydrogens (primary N) is 4. The van der Waals surface area contributed by atoms with Gasteiger partial charge in [-0.25, -0.2) is 9.59 Å². The summed E-state index contributed by atoms with van der Waals surface area (Å²) in [6.07, 6.45) is -0.182. The Morgan fingerprint density at radius 3 is 1.78 bits per heavy atom. The number of carbonyl (C=O) groups excluding carboxylic acids is 10. The second kappa shape index (κ2) is 39.9. The first-order valence-electron chi connectivity index (χ1n) is 27.9. The SMILES string of the molecule is C/C=C1\NC(=O)[C@H](Cc2ccccc2)NC(=O)[C@H](CCCN=C(N)N)NC(=O)[C@@H](CCN)NC(=O)[C@H](CCN)NC(=O)[C@H](CO)NC(=O)[C@@H](NC(=O)C[C@H](O)CCCCCCCCC)COC(=O)[C@H]([C@H](O)CCl)NC(=O)[C@H]([C@H](O)C(=O)O)NC1=O. The minimum Gasteiger partial charge on any atom is -0.479 e. The van der Waals surface area contributed by atoms with E-state index in [2.05, 4.69) is 49.1 Å². The van der Waals surface area contributed by atoms with E-state index < -0.39 is 163 Å². The van der Waals surface area contributed by atoms with Gasteiger partial charge in [0.1, 0.15) is 54.6 Å². The number of amides is 9. The van der Waals surface area contributed by atoms with Gasteiger partial charge in [-0.3, -0.25) is 48.1 Å². The molecule has 1 saturated heterocycles. The van der Waals surface area contributed by atoms with Crippen LogP contribution < -0.4 is 70.8 Å². The van der Waals surface area contributed by atoms with Crippen LogP contribution in [0.1, 0.15) is 103 Å². The summed E-state index contributed by atoms with van der Waals surface area (Å²) in [6.45, 7) is 0.417. The molecule has 0 radical (unpaired) electrons. The number of unbranched alkanes of at least 4 members (excludes halogenated alkanes) is 6. The number of aliphatic hydroxyl groups excluding tert-OH is 4. The molecule has 9 amide bonds. The van der Waals surface area contributed by atoms with Gasteiger partial charge in [0.05, 0.1) is 31.1 Å². The topological polar surface area (TPSA) is 523 Å². The van der Waals surface area contributed by atoms with Crippen LogP contribution in [-0.2, 0) is 63.9 Å². The maximum atomic E-state index is 14.3. The maximum absolute atomic E-state index is 14.3. The Hall–Kier alpha value is -7.55. The van der Waals surface area contributed by atoms with Crippen LogP contribution in [0.3, 0.4) is 0 Å². The molecule has 85 heavy (non-hydrogen) atoms. The Labute approximate surface area is 496 Å². The largest absolute Gasteiger partial charge is 0.479 e. The highest BCUT2D eigenvalue weighted by atomic mass is 35.5. The van der Waals surface area contributed by atoms with Crippen molar-refractivity contribution in [1.29, 1.82) is 0 Å². The van der Waals surface area contributed by atoms with Gasteiger partial charge in [0.2, 0.25) is 47.3 Å². The lowest BCUT2D eigenvalue weighted by Gasteiger charge is -2.28. The second-order valence-electron chi connectivity index (χ2n) is 19.9. The van der Waals surface area contributed by atoms with Gasteiger partial charge >= 0.3 is 11.9 Å². The van der Waals surface area contributed by atoms with Crippen LogP contribution in [-0.4, -0.2) is 202 Å².